The van der Waals surface area contributed by atoms with Gasteiger partial charge in [-0.3, -0.25) is 0 Å². The van der Waals surface area contributed by atoms with Crippen molar-refractivity contribution in [1.29, 1.82) is 0 Å². The van der Waals surface area contributed by atoms with Crippen molar-refractivity contribution < 1.29 is 79.2 Å². The van der Waals surface area contributed by atoms with Crippen LogP contribution in [0, 0.1) is 0 Å². The predicted octanol–water partition coefficient (Wildman–Crippen LogP) is -0.599. The maximum absolute atomic E-state index is 13.3. The minimum Gasteiger partial charge on any atom is -0.871 e. The van der Waals surface area contributed by atoms with Crippen LogP contribution in [0.25, 0.3) is 10.8 Å². The number of aromatic nitrogens is 3. The van der Waals surface area contributed by atoms with Gasteiger partial charge < -0.3 is 44.8 Å². The van der Waals surface area contributed by atoms with Gasteiger partial charge in [-0.05, 0) is 70.9 Å². The minimum atomic E-state index is -5.69. The van der Waals surface area contributed by atoms with Gasteiger partial charge in [-0.1, -0.05) is 17.6 Å². The number of fused-ring (bicyclic) bond motifs is 1. The number of anilines is 5. The quantitative estimate of drug-likeness (QED) is 0.0893. The second-order valence-corrected chi connectivity index (χ2v) is 15.8. The van der Waals surface area contributed by atoms with Crippen LogP contribution in [0.5, 0.6) is 11.5 Å². The predicted molar refractivity (Wildman–Crippen MR) is 191 cm³/mol. The monoisotopic (exact) mass is 967 g/mol. The summed E-state index contributed by atoms with van der Waals surface area (Å²) in [5.74, 6) is -3.68. The summed E-state index contributed by atoms with van der Waals surface area (Å²) >= 11 is 5.72. The maximum atomic E-state index is 13.3. The van der Waals surface area contributed by atoms with Crippen molar-refractivity contribution in [2.75, 3.05) is 16.4 Å². The zero-order valence-electron chi connectivity index (χ0n) is 29.0. The Hall–Kier alpha value is -0.801. The smallest absolute Gasteiger partial charge is 0.871 e. The standard InChI is InChI=1S/C25H19ClN8O14S4.Cu.4Na/c26-23-30-24(27)32-25(31-23)29-15-4-2-12(7-17(15)50(40,41)42)28-11-1-3-14-10(5-11)6-18(51(43,44)45)20(21(14)35)34-33-16-8-13(49(37,38)39)9-19(22(16)36)52(46,47)48;;;;;/h1-9,28,35-36H,(H,37,38,39)(H,40,41,42)(H,43,44,45)(H,46,47,48)(H3,27,29,30,31,32);;;;;/q;+2;;;;/p-6. The van der Waals surface area contributed by atoms with Crippen LogP contribution >= 0.6 is 11.6 Å². The fourth-order valence-corrected chi connectivity index (χ4v) is 7.05. The molecule has 22 nitrogen and oxygen atoms in total. The maximum Gasteiger partial charge on any atom is 2.00 e. The van der Waals surface area contributed by atoms with Crippen molar-refractivity contribution >= 4 is 221 Å². The molecule has 1 heterocycles. The van der Waals surface area contributed by atoms with Gasteiger partial charge >= 0.3 is 17.1 Å². The second-order valence-electron chi connectivity index (χ2n) is 10.0. The Balaban J connectivity index is 0.00000627. The van der Waals surface area contributed by atoms with E-state index in [0.717, 1.165) is 24.3 Å². The molecule has 0 aliphatic carbocycles. The van der Waals surface area contributed by atoms with Gasteiger partial charge in [0.1, 0.15) is 40.5 Å². The molecule has 0 amide bonds. The molecule has 0 saturated carbocycles. The summed E-state index contributed by atoms with van der Waals surface area (Å²) in [6, 6.07) is 7.61. The zero-order chi connectivity index (χ0) is 38.6. The summed E-state index contributed by atoms with van der Waals surface area (Å²) in [6.07, 6.45) is 0. The molecular formula is C25H13ClCuN8Na4O14S4-4. The van der Waals surface area contributed by atoms with Gasteiger partial charge in [-0.2, -0.15) is 20.1 Å². The summed E-state index contributed by atoms with van der Waals surface area (Å²) in [7, 11) is -21.9. The SMILES string of the molecule is Nc1nc(Cl)nc(Nc2ccc(Nc3ccc4c([O-])c(N=Nc5cc(S(=O)(=O)[O-])cc(S(=O)(=O)[O-])c5[O-])c(S(=O)(=O)[O-])cc4c3)cc2S(=O)(=O)[O-])n1.[Cu+2].[Na].[Na].[Na].[Na]. The largest absolute Gasteiger partial charge is 2.00 e. The Kier molecular flexibility index (Phi) is 21.0. The molecule has 0 fully saturated rings. The van der Waals surface area contributed by atoms with E-state index in [2.05, 4.69) is 35.8 Å². The number of rotatable bonds is 10. The van der Waals surface area contributed by atoms with Crippen molar-refractivity contribution in [3.05, 3.63) is 59.9 Å². The molecule has 0 saturated heterocycles. The second kappa shape index (κ2) is 21.3. The zero-order valence-corrected chi connectivity index (χ0v) is 42.0. The minimum absolute atomic E-state index is 0. The molecule has 4 aromatic carbocycles. The van der Waals surface area contributed by atoms with Crippen LogP contribution in [-0.2, 0) is 57.5 Å². The van der Waals surface area contributed by atoms with Gasteiger partial charge in [-0.15, -0.1) is 5.11 Å². The van der Waals surface area contributed by atoms with E-state index in [1.54, 1.807) is 0 Å². The van der Waals surface area contributed by atoms with Crippen LogP contribution < -0.4 is 26.6 Å². The molecule has 5 rings (SSSR count). The molecule has 4 N–H and O–H groups in total. The molecule has 32 heteroatoms. The fraction of sp³-hybridized carbons (Fsp3) is 0. The number of hydrogen-bond acceptors (Lipinski definition) is 22. The van der Waals surface area contributed by atoms with Gasteiger partial charge in [-0.25, -0.2) is 33.7 Å². The first-order chi connectivity index (χ1) is 23.9. The molecule has 0 bridgehead atoms. The third-order valence-corrected chi connectivity index (χ3v) is 10.1. The summed E-state index contributed by atoms with van der Waals surface area (Å²) in [6.45, 7) is 0. The number of nitrogen functional groups attached to an aromatic ring is 1. The molecule has 1 aromatic heterocycles. The van der Waals surface area contributed by atoms with E-state index < -0.39 is 82.9 Å². The number of benzene rings is 4. The van der Waals surface area contributed by atoms with E-state index in [1.807, 2.05) is 0 Å². The first-order valence-electron chi connectivity index (χ1n) is 13.1. The molecule has 0 spiro atoms. The van der Waals surface area contributed by atoms with Crippen LogP contribution in [0.2, 0.25) is 5.28 Å². The summed E-state index contributed by atoms with van der Waals surface area (Å²) in [5, 5.41) is 36.6. The molecule has 5 aromatic rings. The third-order valence-electron chi connectivity index (χ3n) is 6.54. The van der Waals surface area contributed by atoms with Gasteiger partial charge in [0, 0.05) is 134 Å². The molecule has 287 valence electrons. The van der Waals surface area contributed by atoms with Gasteiger partial charge in [0.05, 0.1) is 31.7 Å². The number of nitrogens with one attached hydrogen (secondary N) is 2. The van der Waals surface area contributed by atoms with E-state index in [1.165, 1.54) is 12.1 Å². The average Bonchev–Trinajstić information content (AvgIpc) is 2.99. The number of nitrogens with zero attached hydrogens (tertiary/aromatic N) is 5. The third kappa shape index (κ3) is 13.9. The van der Waals surface area contributed by atoms with Crippen molar-refractivity contribution in [3.8, 4) is 11.5 Å². The average molecular weight is 969 g/mol. The Morgan fingerprint density at radius 1 is 0.614 bits per heavy atom. The summed E-state index contributed by atoms with van der Waals surface area (Å²) in [4.78, 5) is 5.74. The molecular weight excluding hydrogens is 956 g/mol. The van der Waals surface area contributed by atoms with Crippen LogP contribution in [0.4, 0.5) is 40.3 Å². The Morgan fingerprint density at radius 3 is 1.72 bits per heavy atom. The van der Waals surface area contributed by atoms with Crippen molar-refractivity contribution in [2.24, 2.45) is 10.2 Å². The van der Waals surface area contributed by atoms with Crippen LogP contribution in [0.1, 0.15) is 0 Å². The summed E-state index contributed by atoms with van der Waals surface area (Å²) < 4.78 is 142. The molecule has 0 unspecified atom stereocenters. The Labute approximate surface area is 426 Å². The van der Waals surface area contributed by atoms with E-state index >= 15 is 0 Å². The first kappa shape index (κ1) is 56.2. The van der Waals surface area contributed by atoms with Crippen LogP contribution in [0.3, 0.4) is 0 Å². The molecule has 5 radical (unpaired) electrons. The Morgan fingerprint density at radius 2 is 1.18 bits per heavy atom. The molecule has 0 aliphatic rings. The van der Waals surface area contributed by atoms with E-state index in [0.29, 0.717) is 6.07 Å². The summed E-state index contributed by atoms with van der Waals surface area (Å²) in [5.41, 5.74) is 2.70. The fourth-order valence-electron chi connectivity index (χ4n) is 4.39. The normalized spacial score (nSPS) is 11.6. The topological polar surface area (TPSA) is 388 Å². The number of halogens is 1. The van der Waals surface area contributed by atoms with Crippen molar-refractivity contribution in [2.45, 2.75) is 19.6 Å². The molecule has 0 aliphatic heterocycles. The van der Waals surface area contributed by atoms with E-state index in [9.17, 15) is 62.1 Å². The van der Waals surface area contributed by atoms with Crippen LogP contribution in [0.15, 0.2) is 84.4 Å². The molecule has 57 heavy (non-hydrogen) atoms. The van der Waals surface area contributed by atoms with Gasteiger partial charge in [0.15, 0.2) is 0 Å². The van der Waals surface area contributed by atoms with Crippen molar-refractivity contribution in [1.82, 2.24) is 15.0 Å². The molecule has 0 atom stereocenters. The van der Waals surface area contributed by atoms with Crippen molar-refractivity contribution in [3.63, 3.8) is 0 Å². The number of nitrogens with two attached hydrogens (primary N) is 1. The number of hydrogen-bond donors (Lipinski definition) is 3. The van der Waals surface area contributed by atoms with Gasteiger partial charge in [0.25, 0.3) is 0 Å². The number of azo groups is 1. The van der Waals surface area contributed by atoms with Gasteiger partial charge in [0.2, 0.25) is 17.2 Å². The Bertz CT molecular complexity index is 2810. The first-order valence-corrected chi connectivity index (χ1v) is 19.2. The van der Waals surface area contributed by atoms with E-state index in [-0.39, 0.29) is 192 Å². The van der Waals surface area contributed by atoms with Crippen LogP contribution in [-0.4, -0.2) is 185 Å². The van der Waals surface area contributed by atoms with E-state index in [4.69, 9.17) is 17.3 Å².